The maximum absolute atomic E-state index is 13.0. The van der Waals surface area contributed by atoms with Crippen molar-refractivity contribution in [1.82, 2.24) is 5.32 Å². The van der Waals surface area contributed by atoms with Crippen LogP contribution in [-0.4, -0.2) is 23.3 Å². The first-order valence-electron chi connectivity index (χ1n) is 7.00. The molecule has 21 heavy (non-hydrogen) atoms. The van der Waals surface area contributed by atoms with E-state index in [0.29, 0.717) is 19.4 Å². The summed E-state index contributed by atoms with van der Waals surface area (Å²) in [4.78, 5) is 10.7. The van der Waals surface area contributed by atoms with Crippen molar-refractivity contribution in [1.29, 1.82) is 0 Å². The number of carboxylic acid groups (broad SMARTS) is 1. The highest BCUT2D eigenvalue weighted by atomic mass is 19.4. The quantitative estimate of drug-likeness (QED) is 0.893. The van der Waals surface area contributed by atoms with Crippen LogP contribution in [-0.2, 0) is 6.54 Å². The second kappa shape index (κ2) is 6.47. The van der Waals surface area contributed by atoms with Gasteiger partial charge in [0.15, 0.2) is 0 Å². The fourth-order valence-electron chi connectivity index (χ4n) is 2.78. The second-order valence-corrected chi connectivity index (χ2v) is 5.42. The number of carboxylic acids is 1. The second-order valence-electron chi connectivity index (χ2n) is 5.42. The maximum Gasteiger partial charge on any atom is 0.393 e. The van der Waals surface area contributed by atoms with Gasteiger partial charge in [-0.05, 0) is 30.5 Å². The summed E-state index contributed by atoms with van der Waals surface area (Å²) in [5.41, 5.74) is 0.955. The Hall–Kier alpha value is -1.56. The Bertz CT molecular complexity index is 485. The fourth-order valence-corrected chi connectivity index (χ4v) is 2.78. The molecule has 2 unspecified atom stereocenters. The zero-order chi connectivity index (χ0) is 15.5. The van der Waals surface area contributed by atoms with Gasteiger partial charge in [0.05, 0.1) is 11.5 Å². The molecular weight excluding hydrogens is 283 g/mol. The van der Waals surface area contributed by atoms with Gasteiger partial charge < -0.3 is 10.4 Å². The molecule has 116 valence electrons. The van der Waals surface area contributed by atoms with E-state index in [2.05, 4.69) is 5.32 Å². The van der Waals surface area contributed by atoms with E-state index in [9.17, 15) is 18.0 Å². The van der Waals surface area contributed by atoms with Crippen molar-refractivity contribution in [3.8, 4) is 0 Å². The van der Waals surface area contributed by atoms with Crippen LogP contribution in [0.3, 0.4) is 0 Å². The minimum Gasteiger partial charge on any atom is -0.478 e. The Labute approximate surface area is 121 Å². The summed E-state index contributed by atoms with van der Waals surface area (Å²) in [6.07, 6.45) is -2.03. The van der Waals surface area contributed by atoms with E-state index >= 15 is 0 Å². The molecule has 1 fully saturated rings. The van der Waals surface area contributed by atoms with Crippen molar-refractivity contribution in [2.75, 3.05) is 0 Å². The van der Waals surface area contributed by atoms with Crippen LogP contribution in [0, 0.1) is 5.92 Å². The highest BCUT2D eigenvalue weighted by molar-refractivity contribution is 5.87. The standard InChI is InChI=1S/C15H18F3NO2/c16-15(17,18)12-3-1-2-4-13(12)19-9-10-5-7-11(8-6-10)14(20)21/h5-8,12-13,19H,1-4,9H2,(H,20,21). The minimum atomic E-state index is -4.16. The van der Waals surface area contributed by atoms with Gasteiger partial charge in [-0.15, -0.1) is 0 Å². The first-order valence-corrected chi connectivity index (χ1v) is 7.00. The Morgan fingerprint density at radius 1 is 1.19 bits per heavy atom. The summed E-state index contributed by atoms with van der Waals surface area (Å²) in [6.45, 7) is 0.317. The third-order valence-corrected chi connectivity index (χ3v) is 3.96. The van der Waals surface area contributed by atoms with E-state index in [1.165, 1.54) is 12.1 Å². The molecule has 1 aliphatic carbocycles. The summed E-state index contributed by atoms with van der Waals surface area (Å²) < 4.78 is 38.9. The summed E-state index contributed by atoms with van der Waals surface area (Å²) in [5, 5.41) is 11.8. The smallest absolute Gasteiger partial charge is 0.393 e. The lowest BCUT2D eigenvalue weighted by molar-refractivity contribution is -0.189. The minimum absolute atomic E-state index is 0.171. The molecule has 0 heterocycles. The highest BCUT2D eigenvalue weighted by Crippen LogP contribution is 2.37. The van der Waals surface area contributed by atoms with Gasteiger partial charge in [0.25, 0.3) is 0 Å². The Morgan fingerprint density at radius 3 is 2.38 bits per heavy atom. The fraction of sp³-hybridized carbons (Fsp3) is 0.533. The van der Waals surface area contributed by atoms with Crippen LogP contribution in [0.5, 0.6) is 0 Å². The summed E-state index contributed by atoms with van der Waals surface area (Å²) >= 11 is 0. The molecule has 0 spiro atoms. The number of rotatable bonds is 4. The Balaban J connectivity index is 1.96. The van der Waals surface area contributed by atoms with Crippen LogP contribution in [0.1, 0.15) is 41.6 Å². The van der Waals surface area contributed by atoms with Gasteiger partial charge >= 0.3 is 12.1 Å². The summed E-state index contributed by atoms with van der Waals surface area (Å²) in [5.74, 6) is -2.30. The molecule has 1 saturated carbocycles. The first kappa shape index (κ1) is 15.8. The average molecular weight is 301 g/mol. The molecule has 2 rings (SSSR count). The molecular formula is C15H18F3NO2. The molecule has 3 nitrogen and oxygen atoms in total. The highest BCUT2D eigenvalue weighted by Gasteiger charge is 2.45. The molecule has 0 aromatic heterocycles. The average Bonchev–Trinajstić information content (AvgIpc) is 2.45. The van der Waals surface area contributed by atoms with E-state index in [0.717, 1.165) is 12.0 Å². The zero-order valence-electron chi connectivity index (χ0n) is 11.5. The number of hydrogen-bond donors (Lipinski definition) is 2. The summed E-state index contributed by atoms with van der Waals surface area (Å²) in [6, 6.07) is 5.62. The number of benzene rings is 1. The van der Waals surface area contributed by atoms with Crippen molar-refractivity contribution in [3.05, 3.63) is 35.4 Å². The number of aromatic carboxylic acids is 1. The van der Waals surface area contributed by atoms with Gasteiger partial charge in [-0.25, -0.2) is 4.79 Å². The van der Waals surface area contributed by atoms with E-state index in [1.807, 2.05) is 0 Å². The van der Waals surface area contributed by atoms with Gasteiger partial charge in [-0.2, -0.15) is 13.2 Å². The van der Waals surface area contributed by atoms with Crippen molar-refractivity contribution >= 4 is 5.97 Å². The molecule has 0 aliphatic heterocycles. The molecule has 1 aromatic carbocycles. The van der Waals surface area contributed by atoms with Gasteiger partial charge in [0.1, 0.15) is 0 Å². The van der Waals surface area contributed by atoms with Gasteiger partial charge in [-0.1, -0.05) is 25.0 Å². The predicted octanol–water partition coefficient (Wildman–Crippen LogP) is 3.60. The van der Waals surface area contributed by atoms with Crippen LogP contribution < -0.4 is 5.32 Å². The number of hydrogen-bond acceptors (Lipinski definition) is 2. The van der Waals surface area contributed by atoms with Gasteiger partial charge in [0.2, 0.25) is 0 Å². The predicted molar refractivity (Wildman–Crippen MR) is 72.0 cm³/mol. The topological polar surface area (TPSA) is 49.3 Å². The molecule has 2 N–H and O–H groups in total. The van der Waals surface area contributed by atoms with E-state index in [-0.39, 0.29) is 12.0 Å². The molecule has 0 amide bonds. The molecule has 2 atom stereocenters. The lowest BCUT2D eigenvalue weighted by Crippen LogP contribution is -2.45. The van der Waals surface area contributed by atoms with Crippen LogP contribution in [0.4, 0.5) is 13.2 Å². The number of halogens is 3. The van der Waals surface area contributed by atoms with Gasteiger partial charge in [0, 0.05) is 12.6 Å². The molecule has 1 aliphatic rings. The Morgan fingerprint density at radius 2 is 1.81 bits per heavy atom. The lowest BCUT2D eigenvalue weighted by atomic mass is 9.84. The van der Waals surface area contributed by atoms with E-state index in [4.69, 9.17) is 5.11 Å². The molecule has 0 bridgehead atoms. The normalized spacial score (nSPS) is 23.0. The van der Waals surface area contributed by atoms with Crippen molar-refractivity contribution < 1.29 is 23.1 Å². The number of alkyl halides is 3. The third-order valence-electron chi connectivity index (χ3n) is 3.96. The van der Waals surface area contributed by atoms with E-state index < -0.39 is 24.1 Å². The van der Waals surface area contributed by atoms with Crippen molar-refractivity contribution in [3.63, 3.8) is 0 Å². The monoisotopic (exact) mass is 301 g/mol. The number of nitrogens with one attached hydrogen (secondary N) is 1. The van der Waals surface area contributed by atoms with Crippen LogP contribution in [0.2, 0.25) is 0 Å². The van der Waals surface area contributed by atoms with Crippen LogP contribution in [0.15, 0.2) is 24.3 Å². The molecule has 0 radical (unpaired) electrons. The van der Waals surface area contributed by atoms with Gasteiger partial charge in [-0.3, -0.25) is 0 Å². The van der Waals surface area contributed by atoms with Crippen molar-refractivity contribution in [2.24, 2.45) is 5.92 Å². The molecule has 6 heteroatoms. The van der Waals surface area contributed by atoms with Crippen molar-refractivity contribution in [2.45, 2.75) is 44.4 Å². The van der Waals surface area contributed by atoms with Crippen LogP contribution >= 0.6 is 0 Å². The van der Waals surface area contributed by atoms with Crippen LogP contribution in [0.25, 0.3) is 0 Å². The SMILES string of the molecule is O=C(O)c1ccc(CNC2CCCCC2C(F)(F)F)cc1. The largest absolute Gasteiger partial charge is 0.478 e. The molecule has 0 saturated heterocycles. The summed E-state index contributed by atoms with van der Waals surface area (Å²) in [7, 11) is 0. The third kappa shape index (κ3) is 4.20. The lowest BCUT2D eigenvalue weighted by Gasteiger charge is -2.33. The first-order chi connectivity index (χ1) is 9.88. The maximum atomic E-state index is 13.0. The van der Waals surface area contributed by atoms with E-state index in [1.54, 1.807) is 12.1 Å². The number of carbonyl (C=O) groups is 1. The zero-order valence-corrected chi connectivity index (χ0v) is 11.5. The molecule has 1 aromatic rings. The Kier molecular flexibility index (Phi) is 4.88.